The van der Waals surface area contributed by atoms with Crippen LogP contribution < -0.4 is 5.32 Å². The van der Waals surface area contributed by atoms with Gasteiger partial charge in [-0.25, -0.2) is 8.42 Å². The van der Waals surface area contributed by atoms with E-state index in [4.69, 9.17) is 0 Å². The van der Waals surface area contributed by atoms with Crippen LogP contribution in [0.25, 0.3) is 0 Å². The average molecular weight is 313 g/mol. The van der Waals surface area contributed by atoms with E-state index < -0.39 is 9.84 Å². The smallest absolute Gasteiger partial charge is 0.234 e. The number of carbonyl (C=O) groups is 1. The lowest BCUT2D eigenvalue weighted by Gasteiger charge is -2.11. The molecule has 0 spiro atoms. The van der Waals surface area contributed by atoms with Crippen molar-refractivity contribution in [2.75, 3.05) is 22.6 Å². The summed E-state index contributed by atoms with van der Waals surface area (Å²) in [6.07, 6.45) is 0.657. The van der Waals surface area contributed by atoms with Crippen LogP contribution in [0.3, 0.4) is 0 Å². The van der Waals surface area contributed by atoms with Crippen LogP contribution in [0.4, 0.5) is 5.69 Å². The van der Waals surface area contributed by atoms with E-state index in [1.54, 1.807) is 0 Å². The van der Waals surface area contributed by atoms with Crippen LogP contribution in [0.15, 0.2) is 18.2 Å². The van der Waals surface area contributed by atoms with Gasteiger partial charge in [0.25, 0.3) is 0 Å². The van der Waals surface area contributed by atoms with Gasteiger partial charge in [-0.15, -0.1) is 11.8 Å². The number of hydrogen-bond donors (Lipinski definition) is 1. The number of amides is 1. The summed E-state index contributed by atoms with van der Waals surface area (Å²) >= 11 is 1.43. The van der Waals surface area contributed by atoms with Crippen molar-refractivity contribution in [3.63, 3.8) is 0 Å². The van der Waals surface area contributed by atoms with E-state index in [0.717, 1.165) is 16.8 Å². The first-order valence-corrected chi connectivity index (χ1v) is 9.42. The van der Waals surface area contributed by atoms with Crippen LogP contribution in [0, 0.1) is 13.8 Å². The van der Waals surface area contributed by atoms with Crippen LogP contribution in [0.2, 0.25) is 0 Å². The molecular formula is C14H19NO3S2. The molecule has 1 saturated heterocycles. The fourth-order valence-electron chi connectivity index (χ4n) is 2.16. The quantitative estimate of drug-likeness (QED) is 0.925. The second-order valence-electron chi connectivity index (χ2n) is 5.13. The maximum absolute atomic E-state index is 11.9. The normalized spacial score (nSPS) is 20.8. The van der Waals surface area contributed by atoms with Crippen molar-refractivity contribution in [2.45, 2.75) is 25.5 Å². The van der Waals surface area contributed by atoms with Gasteiger partial charge >= 0.3 is 0 Å². The molecule has 0 aliphatic carbocycles. The monoisotopic (exact) mass is 313 g/mol. The standard InChI is InChI=1S/C14H19NO3S2/c1-10-4-3-5-13(11(10)2)15-14(16)8-19-12-6-7-20(17,18)9-12/h3-5,12H,6-9H2,1-2H3,(H,15,16)/t12-/m1/s1. The van der Waals surface area contributed by atoms with Crippen LogP contribution in [0.1, 0.15) is 17.5 Å². The summed E-state index contributed by atoms with van der Waals surface area (Å²) in [6, 6.07) is 5.79. The Hall–Kier alpha value is -1.01. The van der Waals surface area contributed by atoms with E-state index in [1.165, 1.54) is 11.8 Å². The lowest BCUT2D eigenvalue weighted by molar-refractivity contribution is -0.113. The highest BCUT2D eigenvalue weighted by Gasteiger charge is 2.28. The fourth-order valence-corrected chi connectivity index (χ4v) is 5.60. The van der Waals surface area contributed by atoms with Gasteiger partial charge in [0.15, 0.2) is 9.84 Å². The Labute approximate surface area is 124 Å². The fraction of sp³-hybridized carbons (Fsp3) is 0.500. The Morgan fingerprint density at radius 1 is 1.40 bits per heavy atom. The third-order valence-electron chi connectivity index (χ3n) is 3.52. The third kappa shape index (κ3) is 3.99. The van der Waals surface area contributed by atoms with Gasteiger partial charge < -0.3 is 5.32 Å². The predicted molar refractivity (Wildman–Crippen MR) is 84.1 cm³/mol. The van der Waals surface area contributed by atoms with E-state index in [0.29, 0.717) is 12.2 Å². The molecule has 0 bridgehead atoms. The molecule has 1 aliphatic rings. The highest BCUT2D eigenvalue weighted by molar-refractivity contribution is 8.02. The van der Waals surface area contributed by atoms with Gasteiger partial charge in [-0.1, -0.05) is 12.1 Å². The Kier molecular flexibility index (Phi) is 4.75. The van der Waals surface area contributed by atoms with Crippen molar-refractivity contribution in [1.82, 2.24) is 0 Å². The molecule has 6 heteroatoms. The molecular weight excluding hydrogens is 294 g/mol. The van der Waals surface area contributed by atoms with Gasteiger partial charge in [0.2, 0.25) is 5.91 Å². The highest BCUT2D eigenvalue weighted by atomic mass is 32.2. The molecule has 1 aromatic rings. The molecule has 0 radical (unpaired) electrons. The largest absolute Gasteiger partial charge is 0.325 e. The van der Waals surface area contributed by atoms with Crippen molar-refractivity contribution >= 4 is 33.2 Å². The van der Waals surface area contributed by atoms with Gasteiger partial charge in [0.05, 0.1) is 17.3 Å². The molecule has 1 N–H and O–H groups in total. The number of nitrogens with one attached hydrogen (secondary N) is 1. The minimum absolute atomic E-state index is 0.0596. The lowest BCUT2D eigenvalue weighted by Crippen LogP contribution is -2.18. The number of aryl methyl sites for hydroxylation is 1. The molecule has 0 aromatic heterocycles. The predicted octanol–water partition coefficient (Wildman–Crippen LogP) is 2.16. The van der Waals surface area contributed by atoms with E-state index in [1.807, 2.05) is 32.0 Å². The maximum atomic E-state index is 11.9. The molecule has 0 saturated carbocycles. The van der Waals surface area contributed by atoms with E-state index >= 15 is 0 Å². The Bertz CT molecular complexity index is 611. The summed E-state index contributed by atoms with van der Waals surface area (Å²) in [5, 5.41) is 2.95. The number of benzene rings is 1. The Balaban J connectivity index is 1.86. The molecule has 1 fully saturated rings. The third-order valence-corrected chi connectivity index (χ3v) is 6.80. The lowest BCUT2D eigenvalue weighted by atomic mass is 10.1. The van der Waals surface area contributed by atoms with Crippen LogP contribution >= 0.6 is 11.8 Å². The molecule has 110 valence electrons. The topological polar surface area (TPSA) is 63.2 Å². The minimum atomic E-state index is -2.87. The second-order valence-corrected chi connectivity index (χ2v) is 8.65. The summed E-state index contributed by atoms with van der Waals surface area (Å²) in [5.41, 5.74) is 3.03. The first-order valence-electron chi connectivity index (χ1n) is 6.55. The summed E-state index contributed by atoms with van der Waals surface area (Å²) in [5.74, 6) is 0.679. The first-order chi connectivity index (χ1) is 9.37. The van der Waals surface area contributed by atoms with Crippen LogP contribution in [-0.2, 0) is 14.6 Å². The van der Waals surface area contributed by atoms with E-state index in [2.05, 4.69) is 5.32 Å². The summed E-state index contributed by atoms with van der Waals surface area (Å²) in [6.45, 7) is 3.98. The molecule has 20 heavy (non-hydrogen) atoms. The van der Waals surface area contributed by atoms with Gasteiger partial charge in [-0.05, 0) is 37.5 Å². The molecule has 0 unspecified atom stereocenters. The number of thioether (sulfide) groups is 1. The zero-order chi connectivity index (χ0) is 14.8. The second kappa shape index (κ2) is 6.18. The number of rotatable bonds is 4. The van der Waals surface area contributed by atoms with Gasteiger partial charge in [-0.3, -0.25) is 4.79 Å². The average Bonchev–Trinajstić information content (AvgIpc) is 2.72. The zero-order valence-electron chi connectivity index (χ0n) is 11.7. The van der Waals surface area contributed by atoms with Crippen molar-refractivity contribution in [2.24, 2.45) is 0 Å². The summed E-state index contributed by atoms with van der Waals surface area (Å²) in [4.78, 5) is 11.9. The van der Waals surface area contributed by atoms with E-state index in [-0.39, 0.29) is 22.7 Å². The molecule has 4 nitrogen and oxygen atoms in total. The Morgan fingerprint density at radius 2 is 2.15 bits per heavy atom. The summed E-state index contributed by atoms with van der Waals surface area (Å²) < 4.78 is 22.7. The van der Waals surface area contributed by atoms with Crippen molar-refractivity contribution in [3.8, 4) is 0 Å². The molecule has 1 heterocycles. The van der Waals surface area contributed by atoms with Gasteiger partial charge in [0.1, 0.15) is 0 Å². The van der Waals surface area contributed by atoms with Crippen molar-refractivity contribution in [1.29, 1.82) is 0 Å². The van der Waals surface area contributed by atoms with Gasteiger partial charge in [0, 0.05) is 10.9 Å². The highest BCUT2D eigenvalue weighted by Crippen LogP contribution is 2.25. The number of carbonyl (C=O) groups excluding carboxylic acids is 1. The SMILES string of the molecule is Cc1cccc(NC(=O)CS[C@@H]2CCS(=O)(=O)C2)c1C. The zero-order valence-corrected chi connectivity index (χ0v) is 13.3. The molecule has 1 amide bonds. The molecule has 2 rings (SSSR count). The first kappa shape index (κ1) is 15.4. The Morgan fingerprint density at radius 3 is 2.80 bits per heavy atom. The maximum Gasteiger partial charge on any atom is 0.234 e. The van der Waals surface area contributed by atoms with Crippen molar-refractivity contribution < 1.29 is 13.2 Å². The van der Waals surface area contributed by atoms with Crippen LogP contribution in [0.5, 0.6) is 0 Å². The van der Waals surface area contributed by atoms with E-state index in [9.17, 15) is 13.2 Å². The molecule has 1 atom stereocenters. The summed E-state index contributed by atoms with van der Waals surface area (Å²) in [7, 11) is -2.87. The molecule has 1 aliphatic heterocycles. The van der Waals surface area contributed by atoms with Gasteiger partial charge in [-0.2, -0.15) is 0 Å². The number of hydrogen-bond acceptors (Lipinski definition) is 4. The molecule has 1 aromatic carbocycles. The number of sulfone groups is 1. The van der Waals surface area contributed by atoms with Crippen LogP contribution in [-0.4, -0.2) is 36.8 Å². The number of anilines is 1. The minimum Gasteiger partial charge on any atom is -0.325 e. The van der Waals surface area contributed by atoms with Crippen molar-refractivity contribution in [3.05, 3.63) is 29.3 Å².